The number of methoxy groups -OCH3 is 1. The topological polar surface area (TPSA) is 72.8 Å². The fourth-order valence-electron chi connectivity index (χ4n) is 0.343. The van der Waals surface area contributed by atoms with Gasteiger partial charge in [0, 0.05) is 0 Å². The number of hydrogen-bond donors (Lipinski definition) is 0. The number of esters is 1. The van der Waals surface area contributed by atoms with Gasteiger partial charge < -0.3 is 4.74 Å². The van der Waals surface area contributed by atoms with E-state index in [1.165, 1.54) is 14.0 Å². The zero-order chi connectivity index (χ0) is 8.15. The van der Waals surface area contributed by atoms with Crippen molar-refractivity contribution in [1.29, 1.82) is 0 Å². The second kappa shape index (κ2) is 3.99. The predicted octanol–water partition coefficient (Wildman–Crippen LogP) is -0.389. The molecular formula is C4H7NO4S. The summed E-state index contributed by atoms with van der Waals surface area (Å²) >= 11 is 0. The molecule has 0 aromatic heterocycles. The molecule has 0 saturated heterocycles. The maximum absolute atomic E-state index is 10.5. The molecule has 5 nitrogen and oxygen atoms in total. The van der Waals surface area contributed by atoms with E-state index in [4.69, 9.17) is 0 Å². The summed E-state index contributed by atoms with van der Waals surface area (Å²) in [6.07, 6.45) is 0. The van der Waals surface area contributed by atoms with Gasteiger partial charge in [-0.15, -0.1) is 0 Å². The molecule has 0 aromatic carbocycles. The second-order valence-electron chi connectivity index (χ2n) is 1.52. The molecule has 0 aliphatic rings. The van der Waals surface area contributed by atoms with Crippen molar-refractivity contribution < 1.29 is 17.9 Å². The first-order valence-electron chi connectivity index (χ1n) is 2.46. The first-order valence-corrected chi connectivity index (χ1v) is 3.49. The van der Waals surface area contributed by atoms with E-state index < -0.39 is 22.5 Å². The van der Waals surface area contributed by atoms with Crippen LogP contribution in [-0.4, -0.2) is 27.5 Å². The number of nitrogens with zero attached hydrogens (tertiary/aromatic N) is 1. The van der Waals surface area contributed by atoms with Crippen LogP contribution in [0.15, 0.2) is 4.36 Å². The van der Waals surface area contributed by atoms with E-state index in [0.29, 0.717) is 0 Å². The molecule has 0 spiro atoms. The lowest BCUT2D eigenvalue weighted by atomic mass is 10.4. The van der Waals surface area contributed by atoms with Gasteiger partial charge >= 0.3 is 16.5 Å². The van der Waals surface area contributed by atoms with Gasteiger partial charge in [0.1, 0.15) is 0 Å². The van der Waals surface area contributed by atoms with Crippen molar-refractivity contribution in [2.75, 3.05) is 7.11 Å². The quantitative estimate of drug-likeness (QED) is 0.522. The number of ether oxygens (including phenoxy) is 1. The highest BCUT2D eigenvalue weighted by molar-refractivity contribution is 7.61. The molecule has 0 saturated carbocycles. The first-order chi connectivity index (χ1) is 4.57. The molecule has 0 aliphatic heterocycles. The third kappa shape index (κ3) is 3.18. The Hall–Kier alpha value is -0.910. The van der Waals surface area contributed by atoms with E-state index in [9.17, 15) is 13.2 Å². The largest absolute Gasteiger partial charge is 0.467 e. The van der Waals surface area contributed by atoms with Gasteiger partial charge in [-0.25, -0.2) is 4.79 Å². The standard InChI is InChI=1S/C4H7NO4S/c1-3(4(6)9-2)5-10(7)8/h3H,1-2H3. The number of carbonyl (C=O) groups is 1. The summed E-state index contributed by atoms with van der Waals surface area (Å²) in [7, 11) is -1.37. The van der Waals surface area contributed by atoms with Crippen LogP contribution in [-0.2, 0) is 20.0 Å². The van der Waals surface area contributed by atoms with Crippen molar-refractivity contribution >= 4 is 16.5 Å². The van der Waals surface area contributed by atoms with Crippen LogP contribution in [0.1, 0.15) is 6.92 Å². The predicted molar refractivity (Wildman–Crippen MR) is 32.8 cm³/mol. The summed E-state index contributed by atoms with van der Waals surface area (Å²) in [5.74, 6) is -0.663. The van der Waals surface area contributed by atoms with Gasteiger partial charge in [0.2, 0.25) is 0 Å². The molecular weight excluding hydrogens is 158 g/mol. The Labute approximate surface area is 59.7 Å². The Kier molecular flexibility index (Phi) is 3.63. The molecule has 1 unspecified atom stereocenters. The zero-order valence-electron chi connectivity index (χ0n) is 5.57. The minimum atomic E-state index is -2.54. The van der Waals surface area contributed by atoms with Crippen molar-refractivity contribution in [2.24, 2.45) is 4.36 Å². The zero-order valence-corrected chi connectivity index (χ0v) is 6.38. The van der Waals surface area contributed by atoms with Crippen LogP contribution >= 0.6 is 0 Å². The van der Waals surface area contributed by atoms with Crippen LogP contribution in [0.3, 0.4) is 0 Å². The fourth-order valence-corrected chi connectivity index (χ4v) is 0.687. The molecule has 0 fully saturated rings. The van der Waals surface area contributed by atoms with Gasteiger partial charge in [-0.05, 0) is 6.92 Å². The average molecular weight is 165 g/mol. The lowest BCUT2D eigenvalue weighted by Gasteiger charge is -1.97. The summed E-state index contributed by atoms with van der Waals surface area (Å²) in [6, 6.07) is -0.941. The molecule has 0 heterocycles. The third-order valence-corrected chi connectivity index (χ3v) is 1.27. The van der Waals surface area contributed by atoms with Crippen LogP contribution in [0.4, 0.5) is 0 Å². The lowest BCUT2D eigenvalue weighted by Crippen LogP contribution is -2.15. The van der Waals surface area contributed by atoms with Crippen LogP contribution in [0.2, 0.25) is 0 Å². The van der Waals surface area contributed by atoms with E-state index in [1.807, 2.05) is 0 Å². The maximum atomic E-state index is 10.5. The third-order valence-electron chi connectivity index (χ3n) is 0.786. The average Bonchev–Trinajstić information content (AvgIpc) is 1.85. The first kappa shape index (κ1) is 9.09. The Bertz CT molecular complexity index is 234. The second-order valence-corrected chi connectivity index (χ2v) is 2.17. The minimum absolute atomic E-state index is 0.663. The highest BCUT2D eigenvalue weighted by atomic mass is 32.2. The van der Waals surface area contributed by atoms with Crippen molar-refractivity contribution in [1.82, 2.24) is 0 Å². The maximum Gasteiger partial charge on any atom is 0.331 e. The van der Waals surface area contributed by atoms with Crippen molar-refractivity contribution in [3.63, 3.8) is 0 Å². The highest BCUT2D eigenvalue weighted by Crippen LogP contribution is 1.90. The highest BCUT2D eigenvalue weighted by Gasteiger charge is 2.10. The Morgan fingerprint density at radius 3 is 2.40 bits per heavy atom. The van der Waals surface area contributed by atoms with Gasteiger partial charge in [0.15, 0.2) is 6.04 Å². The van der Waals surface area contributed by atoms with E-state index in [2.05, 4.69) is 9.10 Å². The lowest BCUT2D eigenvalue weighted by molar-refractivity contribution is -0.141. The molecule has 0 bridgehead atoms. The summed E-state index contributed by atoms with van der Waals surface area (Å²) in [5, 5.41) is 0. The fraction of sp³-hybridized carbons (Fsp3) is 0.750. The van der Waals surface area contributed by atoms with Crippen molar-refractivity contribution in [2.45, 2.75) is 13.0 Å². The van der Waals surface area contributed by atoms with Crippen LogP contribution in [0.5, 0.6) is 0 Å². The number of carbonyl (C=O) groups excluding carboxylic acids is 1. The van der Waals surface area contributed by atoms with Gasteiger partial charge in [-0.1, -0.05) is 0 Å². The summed E-state index contributed by atoms with van der Waals surface area (Å²) in [4.78, 5) is 10.5. The summed E-state index contributed by atoms with van der Waals surface area (Å²) in [5.41, 5.74) is 0. The molecule has 0 aliphatic carbocycles. The Morgan fingerprint density at radius 1 is 1.60 bits per heavy atom. The van der Waals surface area contributed by atoms with Gasteiger partial charge in [-0.2, -0.15) is 12.8 Å². The molecule has 58 valence electrons. The SMILES string of the molecule is COC(=O)C(C)N=S(=O)=O. The molecule has 0 amide bonds. The number of rotatable bonds is 2. The summed E-state index contributed by atoms with van der Waals surface area (Å²) in [6.45, 7) is 1.33. The van der Waals surface area contributed by atoms with E-state index in [0.717, 1.165) is 0 Å². The minimum Gasteiger partial charge on any atom is -0.467 e. The van der Waals surface area contributed by atoms with Crippen LogP contribution in [0.25, 0.3) is 0 Å². The molecule has 10 heavy (non-hydrogen) atoms. The normalized spacial score (nSPS) is 11.8. The van der Waals surface area contributed by atoms with Crippen LogP contribution < -0.4 is 0 Å². The van der Waals surface area contributed by atoms with E-state index in [1.54, 1.807) is 0 Å². The van der Waals surface area contributed by atoms with Gasteiger partial charge in [0.25, 0.3) is 0 Å². The van der Waals surface area contributed by atoms with Gasteiger partial charge in [-0.3, -0.25) is 0 Å². The molecule has 6 heteroatoms. The van der Waals surface area contributed by atoms with Crippen molar-refractivity contribution in [3.8, 4) is 0 Å². The van der Waals surface area contributed by atoms with Gasteiger partial charge in [0.05, 0.1) is 7.11 Å². The van der Waals surface area contributed by atoms with E-state index in [-0.39, 0.29) is 0 Å². The van der Waals surface area contributed by atoms with E-state index >= 15 is 0 Å². The Balaban J connectivity index is 4.24. The monoisotopic (exact) mass is 165 g/mol. The van der Waals surface area contributed by atoms with Crippen molar-refractivity contribution in [3.05, 3.63) is 0 Å². The molecule has 0 N–H and O–H groups in total. The number of hydrogen-bond acceptors (Lipinski definition) is 5. The Morgan fingerprint density at radius 2 is 2.10 bits per heavy atom. The molecule has 0 aromatic rings. The molecule has 1 atom stereocenters. The molecule has 0 rings (SSSR count). The molecule has 0 radical (unpaired) electrons. The van der Waals surface area contributed by atoms with Crippen LogP contribution in [0, 0.1) is 0 Å². The summed E-state index contributed by atoms with van der Waals surface area (Å²) < 4.78 is 26.9. The smallest absolute Gasteiger partial charge is 0.331 e.